The number of carbonyl (C=O) groups is 3. The number of carbonyl (C=O) groups excluding carboxylic acids is 3. The van der Waals surface area contributed by atoms with Gasteiger partial charge in [-0.2, -0.15) is 0 Å². The maximum atomic E-state index is 13.1. The normalized spacial score (nSPS) is 23.6. The summed E-state index contributed by atoms with van der Waals surface area (Å²) in [5.41, 5.74) is 9.14. The van der Waals surface area contributed by atoms with Crippen molar-refractivity contribution in [1.82, 2.24) is 10.2 Å². The van der Waals surface area contributed by atoms with Crippen molar-refractivity contribution in [2.45, 2.75) is 69.4 Å². The molecule has 0 aromatic heterocycles. The molecule has 1 aliphatic heterocycles. The van der Waals surface area contributed by atoms with Gasteiger partial charge in [-0.25, -0.2) is 0 Å². The van der Waals surface area contributed by atoms with Gasteiger partial charge >= 0.3 is 5.97 Å². The van der Waals surface area contributed by atoms with Gasteiger partial charge in [-0.05, 0) is 74.1 Å². The van der Waals surface area contributed by atoms with Crippen LogP contribution in [0.2, 0.25) is 0 Å². The van der Waals surface area contributed by atoms with Crippen molar-refractivity contribution < 1.29 is 19.1 Å². The Hall–Kier alpha value is -3.19. The molecule has 2 aliphatic rings. The number of methoxy groups -OCH3 is 1. The summed E-state index contributed by atoms with van der Waals surface area (Å²) in [4.78, 5) is 39.8. The molecule has 0 radical (unpaired) electrons. The first-order valence-electron chi connectivity index (χ1n) is 13.5. The summed E-state index contributed by atoms with van der Waals surface area (Å²) in [5.74, 6) is -0.460. The second-order valence-corrected chi connectivity index (χ2v) is 10.4. The molecule has 3 N–H and O–H groups in total. The monoisotopic (exact) mass is 505 g/mol. The fourth-order valence-corrected chi connectivity index (χ4v) is 5.68. The second kappa shape index (κ2) is 12.9. The molecule has 1 heterocycles. The molecule has 2 fully saturated rings. The molecule has 2 aromatic rings. The Bertz CT molecular complexity index is 1050. The summed E-state index contributed by atoms with van der Waals surface area (Å²) < 4.78 is 4.80. The molecule has 0 bridgehead atoms. The molecular formula is C30H39N3O4. The van der Waals surface area contributed by atoms with Crippen LogP contribution in [-0.4, -0.2) is 55.0 Å². The van der Waals surface area contributed by atoms with Gasteiger partial charge in [-0.15, -0.1) is 0 Å². The van der Waals surface area contributed by atoms with E-state index in [0.717, 1.165) is 38.5 Å². The molecule has 7 nitrogen and oxygen atoms in total. The zero-order valence-corrected chi connectivity index (χ0v) is 21.7. The number of amides is 2. The lowest BCUT2D eigenvalue weighted by molar-refractivity contribution is -0.144. The lowest BCUT2D eigenvalue weighted by Gasteiger charge is -2.26. The lowest BCUT2D eigenvalue weighted by atomic mass is 9.82. The summed E-state index contributed by atoms with van der Waals surface area (Å²) in [7, 11) is 1.34. The van der Waals surface area contributed by atoms with Crippen LogP contribution in [0.1, 0.15) is 72.3 Å². The highest BCUT2D eigenvalue weighted by molar-refractivity contribution is 5.94. The number of ether oxygens (including phenoxy) is 1. The summed E-state index contributed by atoms with van der Waals surface area (Å²) in [6, 6.07) is 18.2. The first-order chi connectivity index (χ1) is 17.9. The van der Waals surface area contributed by atoms with Gasteiger partial charge in [-0.3, -0.25) is 14.4 Å². The Balaban J connectivity index is 1.34. The third-order valence-electron chi connectivity index (χ3n) is 7.89. The van der Waals surface area contributed by atoms with Crippen LogP contribution in [0.25, 0.3) is 0 Å². The quantitative estimate of drug-likeness (QED) is 0.478. The van der Waals surface area contributed by atoms with Crippen LogP contribution in [0.4, 0.5) is 0 Å². The highest BCUT2D eigenvalue weighted by Gasteiger charge is 2.40. The van der Waals surface area contributed by atoms with Crippen molar-refractivity contribution in [2.24, 2.45) is 11.7 Å². The third kappa shape index (κ3) is 7.19. The van der Waals surface area contributed by atoms with E-state index in [1.165, 1.54) is 18.2 Å². The topological polar surface area (TPSA) is 102 Å². The summed E-state index contributed by atoms with van der Waals surface area (Å²) in [5, 5.41) is 3.03. The van der Waals surface area contributed by atoms with E-state index in [1.807, 2.05) is 35.2 Å². The first-order valence-corrected chi connectivity index (χ1v) is 13.5. The second-order valence-electron chi connectivity index (χ2n) is 10.4. The molecule has 0 spiro atoms. The minimum absolute atomic E-state index is 0.0331. The number of nitrogens with two attached hydrogens (primary N) is 1. The largest absolute Gasteiger partial charge is 0.469 e. The van der Waals surface area contributed by atoms with E-state index in [4.69, 9.17) is 10.5 Å². The molecule has 2 aromatic carbocycles. The van der Waals surface area contributed by atoms with E-state index >= 15 is 0 Å². The molecule has 2 amide bonds. The smallest absolute Gasteiger partial charge is 0.306 e. The highest BCUT2D eigenvalue weighted by Crippen LogP contribution is 2.32. The number of aryl methyl sites for hydroxylation is 1. The number of benzene rings is 2. The standard InChI is InChI=1S/C30H39N3O4/c1-37-28(34)19-25-18-27(33(30(25)36)17-5-8-21-6-3-2-4-7-21)20-32-29(35)24-11-9-22(10-12-24)23-13-15-26(31)16-14-23/h2-4,6-7,9-12,23,25-27H,5,8,13-20,31H2,1H3,(H,32,35)/t23?,25-,26?,27-/m0/s1. The van der Waals surface area contributed by atoms with Gasteiger partial charge in [0.25, 0.3) is 5.91 Å². The van der Waals surface area contributed by atoms with Gasteiger partial charge in [0, 0.05) is 30.7 Å². The number of rotatable bonds is 10. The van der Waals surface area contributed by atoms with Crippen LogP contribution >= 0.6 is 0 Å². The molecule has 37 heavy (non-hydrogen) atoms. The summed E-state index contributed by atoms with van der Waals surface area (Å²) in [6.07, 6.45) is 6.57. The van der Waals surface area contributed by atoms with E-state index < -0.39 is 5.92 Å². The number of nitrogens with zero attached hydrogens (tertiary/aromatic N) is 1. The predicted octanol–water partition coefficient (Wildman–Crippen LogP) is 3.81. The van der Waals surface area contributed by atoms with Gasteiger partial charge in [0.05, 0.1) is 19.4 Å². The Labute approximate surface area is 219 Å². The van der Waals surface area contributed by atoms with Crippen LogP contribution in [0.3, 0.4) is 0 Å². The Morgan fingerprint density at radius 2 is 1.73 bits per heavy atom. The predicted molar refractivity (Wildman–Crippen MR) is 143 cm³/mol. The third-order valence-corrected chi connectivity index (χ3v) is 7.89. The molecule has 198 valence electrons. The SMILES string of the molecule is COC(=O)C[C@@H]1C[C@@H](CNC(=O)c2ccc(C3CCC(N)CC3)cc2)N(CCCc2ccccc2)C1=O. The molecule has 1 aliphatic carbocycles. The molecule has 0 unspecified atom stereocenters. The zero-order valence-electron chi connectivity index (χ0n) is 21.7. The van der Waals surface area contributed by atoms with Crippen LogP contribution in [-0.2, 0) is 20.7 Å². The van der Waals surface area contributed by atoms with Crippen LogP contribution in [0, 0.1) is 5.92 Å². The molecular weight excluding hydrogens is 466 g/mol. The number of hydrogen-bond acceptors (Lipinski definition) is 5. The van der Waals surface area contributed by atoms with Crippen LogP contribution in [0.5, 0.6) is 0 Å². The van der Waals surface area contributed by atoms with Gasteiger partial charge in [0.15, 0.2) is 0 Å². The highest BCUT2D eigenvalue weighted by atomic mass is 16.5. The minimum atomic E-state index is -0.408. The summed E-state index contributed by atoms with van der Waals surface area (Å²) >= 11 is 0. The average Bonchev–Trinajstić information content (AvgIpc) is 3.22. The number of nitrogens with one attached hydrogen (secondary N) is 1. The Morgan fingerprint density at radius 3 is 2.41 bits per heavy atom. The fourth-order valence-electron chi connectivity index (χ4n) is 5.68. The Kier molecular flexibility index (Phi) is 9.34. The van der Waals surface area contributed by atoms with Gasteiger partial charge < -0.3 is 20.7 Å². The van der Waals surface area contributed by atoms with E-state index in [-0.39, 0.29) is 30.2 Å². The van der Waals surface area contributed by atoms with Gasteiger partial charge in [0.1, 0.15) is 0 Å². The maximum Gasteiger partial charge on any atom is 0.306 e. The van der Waals surface area contributed by atoms with Crippen molar-refractivity contribution in [2.75, 3.05) is 20.2 Å². The minimum Gasteiger partial charge on any atom is -0.469 e. The van der Waals surface area contributed by atoms with Crippen LogP contribution < -0.4 is 11.1 Å². The average molecular weight is 506 g/mol. The van der Waals surface area contributed by atoms with Crippen molar-refractivity contribution >= 4 is 17.8 Å². The maximum absolute atomic E-state index is 13.1. The van der Waals surface area contributed by atoms with E-state index in [2.05, 4.69) is 29.6 Å². The molecule has 1 saturated heterocycles. The van der Waals surface area contributed by atoms with Gasteiger partial charge in [0.2, 0.25) is 5.91 Å². The fraction of sp³-hybridized carbons (Fsp3) is 0.500. The number of esters is 1. The van der Waals surface area contributed by atoms with Gasteiger partial charge in [-0.1, -0.05) is 42.5 Å². The number of hydrogen-bond donors (Lipinski definition) is 2. The van der Waals surface area contributed by atoms with Crippen molar-refractivity contribution in [3.8, 4) is 0 Å². The van der Waals surface area contributed by atoms with Crippen molar-refractivity contribution in [3.63, 3.8) is 0 Å². The molecule has 7 heteroatoms. The molecule has 4 rings (SSSR count). The summed E-state index contributed by atoms with van der Waals surface area (Å²) in [6.45, 7) is 0.946. The number of likely N-dealkylation sites (tertiary alicyclic amines) is 1. The van der Waals surface area contributed by atoms with E-state index in [9.17, 15) is 14.4 Å². The first kappa shape index (κ1) is 26.9. The van der Waals surface area contributed by atoms with Crippen LogP contribution in [0.15, 0.2) is 54.6 Å². The van der Waals surface area contributed by atoms with Crippen molar-refractivity contribution in [1.29, 1.82) is 0 Å². The van der Waals surface area contributed by atoms with E-state index in [1.54, 1.807) is 0 Å². The lowest BCUT2D eigenvalue weighted by Crippen LogP contribution is -2.42. The van der Waals surface area contributed by atoms with Crippen molar-refractivity contribution in [3.05, 3.63) is 71.3 Å². The Morgan fingerprint density at radius 1 is 1.03 bits per heavy atom. The van der Waals surface area contributed by atoms with E-state index in [0.29, 0.717) is 37.0 Å². The molecule has 2 atom stereocenters. The zero-order chi connectivity index (χ0) is 26.2. The molecule has 1 saturated carbocycles.